The Bertz CT molecular complexity index is 558. The van der Waals surface area contributed by atoms with Crippen LogP contribution in [0.2, 0.25) is 0 Å². The predicted octanol–water partition coefficient (Wildman–Crippen LogP) is 1.49. The number of nitrogens with zero attached hydrogens (tertiary/aromatic N) is 2. The van der Waals surface area contributed by atoms with Gasteiger partial charge in [0.15, 0.2) is 0 Å². The Morgan fingerprint density at radius 3 is 2.88 bits per heavy atom. The number of fused-ring (bicyclic) bond motifs is 1. The lowest BCUT2D eigenvalue weighted by molar-refractivity contribution is 0.0386. The number of ether oxygens (including phenoxy) is 2. The third kappa shape index (κ3) is 4.39. The van der Waals surface area contributed by atoms with E-state index in [-0.39, 0.29) is 6.03 Å². The zero-order valence-electron chi connectivity index (χ0n) is 14.4. The first-order chi connectivity index (χ1) is 11.8. The molecule has 132 valence electrons. The molecular formula is C18H27N3O3. The van der Waals surface area contributed by atoms with E-state index in [4.69, 9.17) is 9.47 Å². The molecule has 0 radical (unpaired) electrons. The molecule has 1 aromatic rings. The Kier molecular flexibility index (Phi) is 5.93. The number of carbonyl (C=O) groups excluding carboxylic acids is 1. The van der Waals surface area contributed by atoms with Gasteiger partial charge in [-0.3, -0.25) is 4.90 Å². The highest BCUT2D eigenvalue weighted by Crippen LogP contribution is 2.23. The third-order valence-corrected chi connectivity index (χ3v) is 4.74. The van der Waals surface area contributed by atoms with Crippen LogP contribution in [0.25, 0.3) is 0 Å². The van der Waals surface area contributed by atoms with Crippen LogP contribution in [0, 0.1) is 0 Å². The van der Waals surface area contributed by atoms with Gasteiger partial charge in [-0.25, -0.2) is 4.79 Å². The first kappa shape index (κ1) is 17.0. The molecule has 0 unspecified atom stereocenters. The van der Waals surface area contributed by atoms with Crippen molar-refractivity contribution in [2.24, 2.45) is 0 Å². The number of hydrogen-bond donors (Lipinski definition) is 1. The second-order valence-corrected chi connectivity index (χ2v) is 6.35. The molecule has 1 fully saturated rings. The van der Waals surface area contributed by atoms with Crippen molar-refractivity contribution in [2.45, 2.75) is 19.4 Å². The average Bonchev–Trinajstić information content (AvgIpc) is 2.84. The highest BCUT2D eigenvalue weighted by molar-refractivity contribution is 5.74. The number of carbonyl (C=O) groups is 1. The molecule has 0 spiro atoms. The summed E-state index contributed by atoms with van der Waals surface area (Å²) in [6, 6.07) is 6.17. The largest absolute Gasteiger partial charge is 0.497 e. The van der Waals surface area contributed by atoms with E-state index in [1.165, 1.54) is 11.1 Å². The molecule has 0 saturated carbocycles. The summed E-state index contributed by atoms with van der Waals surface area (Å²) in [5.74, 6) is 0.886. The molecule has 1 N–H and O–H groups in total. The second kappa shape index (κ2) is 8.35. The first-order valence-corrected chi connectivity index (χ1v) is 8.75. The summed E-state index contributed by atoms with van der Waals surface area (Å²) in [7, 11) is 1.69. The van der Waals surface area contributed by atoms with Crippen molar-refractivity contribution in [3.8, 4) is 5.75 Å². The van der Waals surface area contributed by atoms with Crippen LogP contribution >= 0.6 is 0 Å². The Labute approximate surface area is 143 Å². The van der Waals surface area contributed by atoms with Crippen molar-refractivity contribution in [2.75, 3.05) is 53.0 Å². The topological polar surface area (TPSA) is 54.0 Å². The number of methoxy groups -OCH3 is 1. The number of urea groups is 1. The smallest absolute Gasteiger partial charge is 0.317 e. The lowest BCUT2D eigenvalue weighted by atomic mass is 10.0. The minimum absolute atomic E-state index is 0.0342. The molecule has 0 aliphatic carbocycles. The van der Waals surface area contributed by atoms with Gasteiger partial charge in [-0.2, -0.15) is 0 Å². The average molecular weight is 333 g/mol. The van der Waals surface area contributed by atoms with Gasteiger partial charge < -0.3 is 19.7 Å². The summed E-state index contributed by atoms with van der Waals surface area (Å²) in [4.78, 5) is 16.7. The molecule has 1 saturated heterocycles. The van der Waals surface area contributed by atoms with Crippen LogP contribution in [-0.4, -0.2) is 68.9 Å². The van der Waals surface area contributed by atoms with Gasteiger partial charge in [-0.1, -0.05) is 6.07 Å². The Morgan fingerprint density at radius 2 is 2.08 bits per heavy atom. The second-order valence-electron chi connectivity index (χ2n) is 6.35. The third-order valence-electron chi connectivity index (χ3n) is 4.74. The van der Waals surface area contributed by atoms with Crippen LogP contribution in [0.5, 0.6) is 5.75 Å². The van der Waals surface area contributed by atoms with E-state index in [0.717, 1.165) is 58.0 Å². The van der Waals surface area contributed by atoms with Gasteiger partial charge in [0, 0.05) is 39.3 Å². The molecule has 6 heteroatoms. The molecule has 24 heavy (non-hydrogen) atoms. The molecule has 3 rings (SSSR count). The number of rotatable bonds is 4. The number of nitrogens with one attached hydrogen (secondary N) is 1. The SMILES string of the molecule is COc1ccc2c(c1)CCCN(C(=O)NCCN1CCOCC1)C2. The molecule has 0 aromatic heterocycles. The Morgan fingerprint density at radius 1 is 1.25 bits per heavy atom. The van der Waals surface area contributed by atoms with Crippen molar-refractivity contribution >= 4 is 6.03 Å². The van der Waals surface area contributed by atoms with E-state index in [9.17, 15) is 4.79 Å². The number of benzene rings is 1. The Balaban J connectivity index is 1.51. The fraction of sp³-hybridized carbons (Fsp3) is 0.611. The molecule has 2 amide bonds. The number of aryl methyl sites for hydroxylation is 1. The Hall–Kier alpha value is -1.79. The maximum absolute atomic E-state index is 12.5. The fourth-order valence-electron chi connectivity index (χ4n) is 3.29. The number of hydrogen-bond acceptors (Lipinski definition) is 4. The van der Waals surface area contributed by atoms with Gasteiger partial charge in [0.05, 0.1) is 20.3 Å². The fourth-order valence-corrected chi connectivity index (χ4v) is 3.29. The minimum Gasteiger partial charge on any atom is -0.497 e. The van der Waals surface area contributed by atoms with Crippen molar-refractivity contribution in [1.82, 2.24) is 15.1 Å². The molecule has 2 aliphatic rings. The van der Waals surface area contributed by atoms with Crippen LogP contribution in [-0.2, 0) is 17.7 Å². The standard InChI is InChI=1S/C18H27N3O3/c1-23-17-5-4-16-14-21(7-2-3-15(16)13-17)18(22)19-6-8-20-9-11-24-12-10-20/h4-5,13H,2-3,6-12,14H2,1H3,(H,19,22). The number of amides is 2. The van der Waals surface area contributed by atoms with Gasteiger partial charge in [-0.15, -0.1) is 0 Å². The predicted molar refractivity (Wildman–Crippen MR) is 92.4 cm³/mol. The summed E-state index contributed by atoms with van der Waals surface area (Å²) in [5, 5.41) is 3.06. The lowest BCUT2D eigenvalue weighted by Gasteiger charge is -2.27. The van der Waals surface area contributed by atoms with Crippen LogP contribution in [0.3, 0.4) is 0 Å². The van der Waals surface area contributed by atoms with Crippen LogP contribution in [0.4, 0.5) is 4.79 Å². The molecule has 6 nitrogen and oxygen atoms in total. The quantitative estimate of drug-likeness (QED) is 0.907. The van der Waals surface area contributed by atoms with Crippen LogP contribution < -0.4 is 10.1 Å². The van der Waals surface area contributed by atoms with E-state index in [0.29, 0.717) is 13.1 Å². The maximum Gasteiger partial charge on any atom is 0.317 e. The monoisotopic (exact) mass is 333 g/mol. The zero-order chi connectivity index (χ0) is 16.8. The maximum atomic E-state index is 12.5. The highest BCUT2D eigenvalue weighted by Gasteiger charge is 2.19. The van der Waals surface area contributed by atoms with Crippen molar-refractivity contribution in [3.05, 3.63) is 29.3 Å². The summed E-state index contributed by atoms with van der Waals surface area (Å²) in [6.45, 7) is 6.52. The molecule has 0 atom stereocenters. The van der Waals surface area contributed by atoms with E-state index in [1.807, 2.05) is 11.0 Å². The summed E-state index contributed by atoms with van der Waals surface area (Å²) >= 11 is 0. The summed E-state index contributed by atoms with van der Waals surface area (Å²) < 4.78 is 10.6. The van der Waals surface area contributed by atoms with Gasteiger partial charge in [-0.05, 0) is 36.1 Å². The van der Waals surface area contributed by atoms with Gasteiger partial charge in [0.1, 0.15) is 5.75 Å². The van der Waals surface area contributed by atoms with E-state index in [2.05, 4.69) is 22.3 Å². The minimum atomic E-state index is 0.0342. The molecule has 1 aromatic carbocycles. The first-order valence-electron chi connectivity index (χ1n) is 8.75. The normalized spacial score (nSPS) is 18.6. The summed E-state index contributed by atoms with van der Waals surface area (Å²) in [6.07, 6.45) is 1.97. The van der Waals surface area contributed by atoms with E-state index < -0.39 is 0 Å². The molecule has 2 heterocycles. The zero-order valence-corrected chi connectivity index (χ0v) is 14.4. The molecule has 0 bridgehead atoms. The van der Waals surface area contributed by atoms with Crippen LogP contribution in [0.15, 0.2) is 18.2 Å². The van der Waals surface area contributed by atoms with Gasteiger partial charge >= 0.3 is 6.03 Å². The summed E-state index contributed by atoms with van der Waals surface area (Å²) in [5.41, 5.74) is 2.51. The number of morpholine rings is 1. The van der Waals surface area contributed by atoms with Crippen LogP contribution in [0.1, 0.15) is 17.5 Å². The van der Waals surface area contributed by atoms with Gasteiger partial charge in [0.25, 0.3) is 0 Å². The molecular weight excluding hydrogens is 306 g/mol. The van der Waals surface area contributed by atoms with Crippen molar-refractivity contribution in [3.63, 3.8) is 0 Å². The van der Waals surface area contributed by atoms with Gasteiger partial charge in [0.2, 0.25) is 0 Å². The lowest BCUT2D eigenvalue weighted by Crippen LogP contribution is -2.45. The molecule has 2 aliphatic heterocycles. The van der Waals surface area contributed by atoms with Crippen molar-refractivity contribution < 1.29 is 14.3 Å². The van der Waals surface area contributed by atoms with E-state index in [1.54, 1.807) is 7.11 Å². The van der Waals surface area contributed by atoms with E-state index >= 15 is 0 Å². The van der Waals surface area contributed by atoms with Crippen molar-refractivity contribution in [1.29, 1.82) is 0 Å². The highest BCUT2D eigenvalue weighted by atomic mass is 16.5.